The lowest BCUT2D eigenvalue weighted by Crippen LogP contribution is -2.09. The Balaban J connectivity index is 2.23. The number of imidazole rings is 1. The van der Waals surface area contributed by atoms with Crippen LogP contribution in [0.15, 0.2) is 33.5 Å². The molecule has 0 aliphatic heterocycles. The minimum Gasteiger partial charge on any atom is -0.506 e. The van der Waals surface area contributed by atoms with Crippen LogP contribution in [-0.2, 0) is 6.42 Å². The molecule has 1 aromatic carbocycles. The number of halogens is 3. The summed E-state index contributed by atoms with van der Waals surface area (Å²) in [4.78, 5) is 21.1. The average Bonchev–Trinajstić information content (AvgIpc) is 2.89. The summed E-state index contributed by atoms with van der Waals surface area (Å²) in [5.74, 6) is -0.616. The van der Waals surface area contributed by atoms with Crippen LogP contribution in [-0.4, -0.2) is 25.3 Å². The number of aromatic nitrogens is 3. The third-order valence-corrected chi connectivity index (χ3v) is 4.56. The maximum atomic E-state index is 13.5. The number of aromatic hydroxyl groups is 1. The van der Waals surface area contributed by atoms with Gasteiger partial charge in [-0.3, -0.25) is 9.20 Å². The molecule has 5 nitrogen and oxygen atoms in total. The summed E-state index contributed by atoms with van der Waals surface area (Å²) in [6.45, 7) is 1.86. The van der Waals surface area contributed by atoms with Crippen molar-refractivity contribution in [3.8, 4) is 5.75 Å². The molecular weight excluding hydrogens is 433 g/mol. The predicted octanol–water partition coefficient (Wildman–Crippen LogP) is 3.89. The summed E-state index contributed by atoms with van der Waals surface area (Å²) in [5.41, 5.74) is 1.13. The topological polar surface area (TPSA) is 67.5 Å². The first kappa shape index (κ1) is 16.1. The second-order valence-electron chi connectivity index (χ2n) is 4.82. The lowest BCUT2D eigenvalue weighted by molar-refractivity contribution is 0.103. The molecule has 3 aromatic rings. The van der Waals surface area contributed by atoms with E-state index >= 15 is 0 Å². The van der Waals surface area contributed by atoms with Crippen molar-refractivity contribution in [1.29, 1.82) is 0 Å². The van der Waals surface area contributed by atoms with E-state index in [9.17, 15) is 14.3 Å². The van der Waals surface area contributed by atoms with E-state index in [1.165, 1.54) is 22.7 Å². The number of phenolic OH excluding ortho intramolecular Hbond substituents is 1. The Hall–Kier alpha value is -1.80. The van der Waals surface area contributed by atoms with Gasteiger partial charge < -0.3 is 5.11 Å². The zero-order chi connectivity index (χ0) is 16.7. The standard InChI is InChI=1S/C15H10Br2FN3O2/c1-2-11-12(21-6-8(18)5-19-15(21)20-11)13(22)7-3-9(16)14(23)10(17)4-7/h3-6,23H,2H2,1H3. The fourth-order valence-electron chi connectivity index (χ4n) is 2.28. The number of rotatable bonds is 3. The zero-order valence-electron chi connectivity index (χ0n) is 11.8. The van der Waals surface area contributed by atoms with Gasteiger partial charge in [0, 0.05) is 5.56 Å². The molecule has 2 heterocycles. The fourth-order valence-corrected chi connectivity index (χ4v) is 3.46. The fraction of sp³-hybridized carbons (Fsp3) is 0.133. The summed E-state index contributed by atoms with van der Waals surface area (Å²) in [7, 11) is 0. The number of aryl methyl sites for hydroxylation is 1. The van der Waals surface area contributed by atoms with Crippen LogP contribution >= 0.6 is 31.9 Å². The Morgan fingerprint density at radius 3 is 2.61 bits per heavy atom. The van der Waals surface area contributed by atoms with Crippen LogP contribution in [0.25, 0.3) is 5.78 Å². The number of hydrogen-bond donors (Lipinski definition) is 1. The van der Waals surface area contributed by atoms with Gasteiger partial charge in [-0.15, -0.1) is 0 Å². The predicted molar refractivity (Wildman–Crippen MR) is 89.3 cm³/mol. The van der Waals surface area contributed by atoms with Gasteiger partial charge in [0.05, 0.1) is 27.0 Å². The second kappa shape index (κ2) is 6.01. The Kier molecular flexibility index (Phi) is 4.20. The molecule has 0 saturated carbocycles. The summed E-state index contributed by atoms with van der Waals surface area (Å²) in [6, 6.07) is 3.02. The molecule has 0 aliphatic rings. The van der Waals surface area contributed by atoms with E-state index < -0.39 is 5.82 Å². The van der Waals surface area contributed by atoms with Gasteiger partial charge in [-0.25, -0.2) is 14.4 Å². The number of nitrogens with zero attached hydrogens (tertiary/aromatic N) is 3. The van der Waals surface area contributed by atoms with E-state index in [1.54, 1.807) is 0 Å². The maximum absolute atomic E-state index is 13.5. The lowest BCUT2D eigenvalue weighted by atomic mass is 10.1. The van der Waals surface area contributed by atoms with E-state index in [0.717, 1.165) is 6.20 Å². The lowest BCUT2D eigenvalue weighted by Gasteiger charge is -2.07. The minimum atomic E-state index is -0.556. The molecule has 1 N–H and O–H groups in total. The molecule has 0 atom stereocenters. The highest BCUT2D eigenvalue weighted by atomic mass is 79.9. The van der Waals surface area contributed by atoms with Crippen molar-refractivity contribution in [2.45, 2.75) is 13.3 Å². The van der Waals surface area contributed by atoms with Crippen LogP contribution in [0, 0.1) is 5.82 Å². The van der Waals surface area contributed by atoms with Crippen LogP contribution in [0.2, 0.25) is 0 Å². The number of carbonyl (C=O) groups excluding carboxylic acids is 1. The van der Waals surface area contributed by atoms with Crippen molar-refractivity contribution >= 4 is 43.4 Å². The van der Waals surface area contributed by atoms with Crippen LogP contribution in [0.1, 0.15) is 28.7 Å². The number of phenols is 1. The van der Waals surface area contributed by atoms with E-state index in [2.05, 4.69) is 41.8 Å². The molecule has 0 saturated heterocycles. The molecule has 0 bridgehead atoms. The first-order valence-electron chi connectivity index (χ1n) is 6.67. The number of carbonyl (C=O) groups is 1. The molecule has 0 spiro atoms. The van der Waals surface area contributed by atoms with E-state index in [1.807, 2.05) is 6.92 Å². The van der Waals surface area contributed by atoms with Gasteiger partial charge >= 0.3 is 0 Å². The van der Waals surface area contributed by atoms with Crippen molar-refractivity contribution < 1.29 is 14.3 Å². The summed E-state index contributed by atoms with van der Waals surface area (Å²) < 4.78 is 15.6. The van der Waals surface area contributed by atoms with Crippen LogP contribution in [0.4, 0.5) is 4.39 Å². The molecule has 0 radical (unpaired) electrons. The molecule has 0 amide bonds. The van der Waals surface area contributed by atoms with Gasteiger partial charge in [-0.1, -0.05) is 6.92 Å². The second-order valence-corrected chi connectivity index (χ2v) is 6.53. The maximum Gasteiger partial charge on any atom is 0.234 e. The minimum absolute atomic E-state index is 0.00289. The van der Waals surface area contributed by atoms with Gasteiger partial charge in [0.1, 0.15) is 11.4 Å². The number of ketones is 1. The van der Waals surface area contributed by atoms with Crippen molar-refractivity contribution in [2.24, 2.45) is 0 Å². The molecule has 3 rings (SSSR count). The van der Waals surface area contributed by atoms with Gasteiger partial charge in [-0.2, -0.15) is 0 Å². The quantitative estimate of drug-likeness (QED) is 0.625. The molecule has 2 aromatic heterocycles. The molecule has 0 aliphatic carbocycles. The van der Waals surface area contributed by atoms with Gasteiger partial charge in [-0.05, 0) is 50.4 Å². The Morgan fingerprint density at radius 2 is 2.00 bits per heavy atom. The molecule has 23 heavy (non-hydrogen) atoms. The molecular formula is C15H10Br2FN3O2. The van der Waals surface area contributed by atoms with Crippen LogP contribution in [0.5, 0.6) is 5.75 Å². The van der Waals surface area contributed by atoms with Crippen LogP contribution < -0.4 is 0 Å². The third kappa shape index (κ3) is 2.76. The summed E-state index contributed by atoms with van der Waals surface area (Å²) >= 11 is 6.40. The smallest absolute Gasteiger partial charge is 0.234 e. The van der Waals surface area contributed by atoms with Crippen molar-refractivity contribution in [3.63, 3.8) is 0 Å². The Labute approximate surface area is 147 Å². The summed E-state index contributed by atoms with van der Waals surface area (Å²) in [5, 5.41) is 9.77. The van der Waals surface area contributed by atoms with E-state index in [-0.39, 0.29) is 23.0 Å². The third-order valence-electron chi connectivity index (χ3n) is 3.35. The molecule has 118 valence electrons. The van der Waals surface area contributed by atoms with Crippen molar-refractivity contribution in [2.75, 3.05) is 0 Å². The SMILES string of the molecule is CCc1nc2ncc(F)cn2c1C(=O)c1cc(Br)c(O)c(Br)c1. The van der Waals surface area contributed by atoms with Gasteiger partial charge in [0.2, 0.25) is 11.6 Å². The highest BCUT2D eigenvalue weighted by Crippen LogP contribution is 2.34. The van der Waals surface area contributed by atoms with Crippen molar-refractivity contribution in [3.05, 3.63) is 56.2 Å². The molecule has 0 fully saturated rings. The highest BCUT2D eigenvalue weighted by Gasteiger charge is 2.22. The van der Waals surface area contributed by atoms with Crippen LogP contribution in [0.3, 0.4) is 0 Å². The zero-order valence-corrected chi connectivity index (χ0v) is 15.0. The Morgan fingerprint density at radius 1 is 1.35 bits per heavy atom. The average molecular weight is 443 g/mol. The van der Waals surface area contributed by atoms with E-state index in [0.29, 0.717) is 26.6 Å². The normalized spacial score (nSPS) is 11.1. The van der Waals surface area contributed by atoms with E-state index in [4.69, 9.17) is 0 Å². The van der Waals surface area contributed by atoms with Crippen molar-refractivity contribution in [1.82, 2.24) is 14.4 Å². The highest BCUT2D eigenvalue weighted by molar-refractivity contribution is 9.11. The number of hydrogen-bond acceptors (Lipinski definition) is 4. The summed E-state index contributed by atoms with van der Waals surface area (Å²) in [6.07, 6.45) is 2.75. The molecule has 8 heteroatoms. The number of benzene rings is 1. The van der Waals surface area contributed by atoms with Gasteiger partial charge in [0.25, 0.3) is 0 Å². The Bertz CT molecular complexity index is 917. The first-order valence-corrected chi connectivity index (χ1v) is 8.26. The first-order chi connectivity index (χ1) is 10.9. The largest absolute Gasteiger partial charge is 0.506 e. The number of fused-ring (bicyclic) bond motifs is 1. The molecule has 0 unspecified atom stereocenters. The monoisotopic (exact) mass is 441 g/mol. The van der Waals surface area contributed by atoms with Gasteiger partial charge in [0.15, 0.2) is 5.82 Å².